The zero-order chi connectivity index (χ0) is 19.3. The monoisotopic (exact) mass is 407 g/mol. The van der Waals surface area contributed by atoms with E-state index in [4.69, 9.17) is 39.5 Å². The number of ketones is 1. The minimum Gasteiger partial charge on any atom is -0.468 e. The molecule has 1 unspecified atom stereocenters. The number of Topliss-reactive ketones (excluding diaryl/α,β-unsaturated/α-hetero) is 1. The molecule has 0 radical (unpaired) electrons. The lowest BCUT2D eigenvalue weighted by atomic mass is 10.1. The summed E-state index contributed by atoms with van der Waals surface area (Å²) in [4.78, 5) is 39.3. The van der Waals surface area contributed by atoms with Crippen LogP contribution in [0.2, 0.25) is 15.1 Å². The summed E-state index contributed by atoms with van der Waals surface area (Å²) in [6, 6.07) is 1.31. The number of carbonyl (C=O) groups is 3. The fraction of sp³-hybridized carbons (Fsp3) is 0.375. The van der Waals surface area contributed by atoms with E-state index in [1.807, 2.05) is 0 Å². The minimum absolute atomic E-state index is 0.0198. The van der Waals surface area contributed by atoms with Gasteiger partial charge in [0.1, 0.15) is 11.3 Å². The van der Waals surface area contributed by atoms with Crippen LogP contribution in [0.3, 0.4) is 0 Å². The molecule has 0 bridgehead atoms. The molecule has 0 aliphatic heterocycles. The Bertz CT molecular complexity index is 731. The third-order valence-corrected chi connectivity index (χ3v) is 4.11. The number of halogens is 3. The van der Waals surface area contributed by atoms with E-state index in [-0.39, 0.29) is 26.3 Å². The summed E-state index contributed by atoms with van der Waals surface area (Å²) < 4.78 is 9.62. The van der Waals surface area contributed by atoms with E-state index in [2.05, 4.69) is 9.73 Å². The van der Waals surface area contributed by atoms with Crippen molar-refractivity contribution in [2.24, 2.45) is 10.9 Å². The Balaban J connectivity index is 3.36. The predicted octanol–water partition coefficient (Wildman–Crippen LogP) is 4.29. The molecule has 1 aromatic rings. The maximum Gasteiger partial charge on any atom is 0.341 e. The van der Waals surface area contributed by atoms with Gasteiger partial charge in [0.05, 0.1) is 34.0 Å². The molecule has 1 aromatic carbocycles. The molecular formula is C16H16Cl3NO5. The SMILES string of the molecule is COC(=O)C(C=Nc1cc(Cl)c(Cl)c(C(=O)OC(C)C)c1Cl)C(C)=O. The maximum absolute atomic E-state index is 12.2. The molecule has 0 fully saturated rings. The van der Waals surface area contributed by atoms with Crippen LogP contribution in [-0.4, -0.2) is 37.2 Å². The highest BCUT2D eigenvalue weighted by Gasteiger charge is 2.25. The molecular weight excluding hydrogens is 393 g/mol. The number of methoxy groups -OCH3 is 1. The van der Waals surface area contributed by atoms with Crippen molar-refractivity contribution in [1.82, 2.24) is 0 Å². The van der Waals surface area contributed by atoms with Gasteiger partial charge < -0.3 is 9.47 Å². The Kier molecular flexibility index (Phi) is 7.86. The molecule has 0 N–H and O–H groups in total. The molecule has 1 atom stereocenters. The lowest BCUT2D eigenvalue weighted by Gasteiger charge is -2.13. The third kappa shape index (κ3) is 5.42. The van der Waals surface area contributed by atoms with Crippen LogP contribution >= 0.6 is 34.8 Å². The van der Waals surface area contributed by atoms with Crippen LogP contribution in [0.15, 0.2) is 11.1 Å². The Morgan fingerprint density at radius 3 is 2.24 bits per heavy atom. The zero-order valence-electron chi connectivity index (χ0n) is 13.9. The second-order valence-corrected chi connectivity index (χ2v) is 6.39. The van der Waals surface area contributed by atoms with Gasteiger partial charge in [-0.1, -0.05) is 34.8 Å². The van der Waals surface area contributed by atoms with Gasteiger partial charge in [0.2, 0.25) is 0 Å². The Morgan fingerprint density at radius 1 is 1.16 bits per heavy atom. The van der Waals surface area contributed by atoms with E-state index in [0.717, 1.165) is 13.3 Å². The summed E-state index contributed by atoms with van der Waals surface area (Å²) in [5.41, 5.74) is -0.0870. The molecule has 9 heteroatoms. The van der Waals surface area contributed by atoms with Crippen molar-refractivity contribution in [3.8, 4) is 0 Å². The summed E-state index contributed by atoms with van der Waals surface area (Å²) in [5, 5.41) is -0.165. The summed E-state index contributed by atoms with van der Waals surface area (Å²) in [7, 11) is 1.15. The van der Waals surface area contributed by atoms with Crippen LogP contribution < -0.4 is 0 Å². The van der Waals surface area contributed by atoms with Gasteiger partial charge in [-0.25, -0.2) is 4.79 Å². The normalized spacial score (nSPS) is 12.3. The second-order valence-electron chi connectivity index (χ2n) is 5.22. The highest BCUT2D eigenvalue weighted by Crippen LogP contribution is 2.39. The molecule has 6 nitrogen and oxygen atoms in total. The summed E-state index contributed by atoms with van der Waals surface area (Å²) in [5.74, 6) is -3.21. The number of hydrogen-bond donors (Lipinski definition) is 0. The van der Waals surface area contributed by atoms with Gasteiger partial charge in [0.15, 0.2) is 5.92 Å². The van der Waals surface area contributed by atoms with Crippen molar-refractivity contribution in [1.29, 1.82) is 0 Å². The number of aliphatic imine (C=N–C) groups is 1. The van der Waals surface area contributed by atoms with Gasteiger partial charge in [0.25, 0.3) is 0 Å². The molecule has 0 aliphatic carbocycles. The van der Waals surface area contributed by atoms with Gasteiger partial charge in [-0.2, -0.15) is 0 Å². The highest BCUT2D eigenvalue weighted by molar-refractivity contribution is 6.47. The average molecular weight is 409 g/mol. The first kappa shape index (κ1) is 21.4. The average Bonchev–Trinajstić information content (AvgIpc) is 2.51. The summed E-state index contributed by atoms with van der Waals surface area (Å²) in [6.07, 6.45) is 0.670. The fourth-order valence-corrected chi connectivity index (χ4v) is 2.50. The molecule has 0 spiro atoms. The number of carbonyl (C=O) groups excluding carboxylic acids is 3. The van der Waals surface area contributed by atoms with Crippen LogP contribution in [0.4, 0.5) is 5.69 Å². The fourth-order valence-electron chi connectivity index (χ4n) is 1.75. The molecule has 1 rings (SSSR count). The van der Waals surface area contributed by atoms with Crippen molar-refractivity contribution in [2.75, 3.05) is 7.11 Å². The van der Waals surface area contributed by atoms with E-state index >= 15 is 0 Å². The van der Waals surface area contributed by atoms with E-state index in [0.29, 0.717) is 0 Å². The van der Waals surface area contributed by atoms with Crippen LogP contribution in [0, 0.1) is 5.92 Å². The molecule has 0 aromatic heterocycles. The number of benzene rings is 1. The lowest BCUT2D eigenvalue weighted by molar-refractivity contribution is -0.145. The maximum atomic E-state index is 12.2. The molecule has 136 valence electrons. The molecule has 0 saturated carbocycles. The van der Waals surface area contributed by atoms with Gasteiger partial charge in [-0.15, -0.1) is 0 Å². The topological polar surface area (TPSA) is 82.0 Å². The van der Waals surface area contributed by atoms with Crippen molar-refractivity contribution in [3.05, 3.63) is 26.7 Å². The third-order valence-electron chi connectivity index (χ3n) is 2.94. The van der Waals surface area contributed by atoms with Gasteiger partial charge in [0, 0.05) is 6.21 Å². The van der Waals surface area contributed by atoms with Crippen molar-refractivity contribution in [2.45, 2.75) is 26.9 Å². The quantitative estimate of drug-likeness (QED) is 0.303. The zero-order valence-corrected chi connectivity index (χ0v) is 16.2. The highest BCUT2D eigenvalue weighted by atomic mass is 35.5. The van der Waals surface area contributed by atoms with Crippen LogP contribution in [-0.2, 0) is 19.1 Å². The van der Waals surface area contributed by atoms with E-state index in [1.165, 1.54) is 13.0 Å². The number of esters is 2. The van der Waals surface area contributed by atoms with Crippen molar-refractivity contribution in [3.63, 3.8) is 0 Å². The molecule has 0 amide bonds. The van der Waals surface area contributed by atoms with Crippen LogP contribution in [0.5, 0.6) is 0 Å². The van der Waals surface area contributed by atoms with Crippen LogP contribution in [0.25, 0.3) is 0 Å². The summed E-state index contributed by atoms with van der Waals surface area (Å²) >= 11 is 18.2. The second kappa shape index (κ2) is 9.17. The number of ether oxygens (including phenoxy) is 2. The molecule has 0 heterocycles. The van der Waals surface area contributed by atoms with E-state index in [1.54, 1.807) is 13.8 Å². The standard InChI is InChI=1S/C16H16Cl3NO5/c1-7(2)25-16(23)12-13(18)10(17)5-11(14(12)19)20-6-9(8(3)21)15(22)24-4/h5-7,9H,1-4H3. The predicted molar refractivity (Wildman–Crippen MR) is 96.4 cm³/mol. The van der Waals surface area contributed by atoms with E-state index < -0.39 is 29.7 Å². The number of hydrogen-bond acceptors (Lipinski definition) is 6. The number of rotatable bonds is 6. The first-order valence-electron chi connectivity index (χ1n) is 7.11. The minimum atomic E-state index is -1.21. The van der Waals surface area contributed by atoms with Crippen molar-refractivity contribution < 1.29 is 23.9 Å². The molecule has 0 aliphatic rings. The lowest BCUT2D eigenvalue weighted by Crippen LogP contribution is -2.24. The Labute approximate surface area is 160 Å². The number of nitrogens with zero attached hydrogens (tertiary/aromatic N) is 1. The van der Waals surface area contributed by atoms with Gasteiger partial charge >= 0.3 is 11.9 Å². The van der Waals surface area contributed by atoms with E-state index in [9.17, 15) is 14.4 Å². The van der Waals surface area contributed by atoms with Crippen LogP contribution in [0.1, 0.15) is 31.1 Å². The Morgan fingerprint density at radius 2 is 1.76 bits per heavy atom. The molecule has 25 heavy (non-hydrogen) atoms. The van der Waals surface area contributed by atoms with Gasteiger partial charge in [-0.05, 0) is 26.8 Å². The first-order valence-corrected chi connectivity index (χ1v) is 8.24. The van der Waals surface area contributed by atoms with Crippen molar-refractivity contribution >= 4 is 64.4 Å². The van der Waals surface area contributed by atoms with Gasteiger partial charge in [-0.3, -0.25) is 14.6 Å². The first-order chi connectivity index (χ1) is 11.6. The smallest absolute Gasteiger partial charge is 0.341 e. The summed E-state index contributed by atoms with van der Waals surface area (Å²) in [6.45, 7) is 4.55. The molecule has 0 saturated heterocycles. The largest absolute Gasteiger partial charge is 0.468 e. The Hall–Kier alpha value is -1.63.